The fraction of sp³-hybridized carbons (Fsp3) is 0.300. The summed E-state index contributed by atoms with van der Waals surface area (Å²) in [6.07, 6.45) is 1.49. The number of anilines is 2. The molecule has 0 aliphatic carbocycles. The molecular weight excluding hydrogens is 228 g/mol. The van der Waals surface area contributed by atoms with E-state index in [9.17, 15) is 13.2 Å². The quantitative estimate of drug-likeness (QED) is 0.838. The molecule has 5 nitrogen and oxygen atoms in total. The third kappa shape index (κ3) is 4.31. The lowest BCUT2D eigenvalue weighted by molar-refractivity contribution is -0.115. The van der Waals surface area contributed by atoms with E-state index >= 15 is 0 Å². The van der Waals surface area contributed by atoms with Crippen LogP contribution in [-0.2, 0) is 14.8 Å². The molecule has 0 aromatic heterocycles. The van der Waals surface area contributed by atoms with Crippen LogP contribution < -0.4 is 10.0 Å². The Hall–Kier alpha value is -1.56. The molecule has 1 aromatic carbocycles. The van der Waals surface area contributed by atoms with E-state index < -0.39 is 10.0 Å². The second-order valence-electron chi connectivity index (χ2n) is 3.35. The van der Waals surface area contributed by atoms with Gasteiger partial charge in [-0.25, -0.2) is 8.42 Å². The Morgan fingerprint density at radius 1 is 1.19 bits per heavy atom. The van der Waals surface area contributed by atoms with Crippen molar-refractivity contribution >= 4 is 27.3 Å². The smallest absolute Gasteiger partial charge is 0.229 e. The molecule has 1 amide bonds. The van der Waals surface area contributed by atoms with Gasteiger partial charge in [-0.2, -0.15) is 0 Å². The first kappa shape index (κ1) is 12.5. The first-order valence-electron chi connectivity index (χ1n) is 4.78. The fourth-order valence-corrected chi connectivity index (χ4v) is 1.65. The minimum atomic E-state index is -3.26. The summed E-state index contributed by atoms with van der Waals surface area (Å²) in [6.45, 7) is 1.76. The van der Waals surface area contributed by atoms with Crippen LogP contribution >= 0.6 is 0 Å². The number of amides is 1. The molecule has 88 valence electrons. The summed E-state index contributed by atoms with van der Waals surface area (Å²) in [5, 5.41) is 2.67. The molecule has 0 bridgehead atoms. The molecule has 0 atom stereocenters. The second kappa shape index (κ2) is 4.98. The maximum atomic E-state index is 11.1. The first-order valence-corrected chi connectivity index (χ1v) is 6.67. The van der Waals surface area contributed by atoms with E-state index in [0.717, 1.165) is 6.26 Å². The average molecular weight is 242 g/mol. The van der Waals surface area contributed by atoms with Crippen LogP contribution in [0.25, 0.3) is 0 Å². The van der Waals surface area contributed by atoms with Crippen molar-refractivity contribution in [2.75, 3.05) is 16.3 Å². The molecule has 0 heterocycles. The van der Waals surface area contributed by atoms with Gasteiger partial charge in [0.15, 0.2) is 0 Å². The summed E-state index contributed by atoms with van der Waals surface area (Å²) in [6, 6.07) is 6.46. The molecule has 0 aliphatic heterocycles. The average Bonchev–Trinajstić information content (AvgIpc) is 2.18. The number of nitrogens with one attached hydrogen (secondary N) is 2. The Morgan fingerprint density at radius 2 is 1.69 bits per heavy atom. The molecule has 0 saturated carbocycles. The van der Waals surface area contributed by atoms with Gasteiger partial charge >= 0.3 is 0 Å². The molecule has 1 rings (SSSR count). The normalized spacial score (nSPS) is 10.9. The van der Waals surface area contributed by atoms with Gasteiger partial charge in [0.2, 0.25) is 15.9 Å². The zero-order valence-corrected chi connectivity index (χ0v) is 9.97. The Morgan fingerprint density at radius 3 is 2.12 bits per heavy atom. The van der Waals surface area contributed by atoms with Crippen molar-refractivity contribution in [1.82, 2.24) is 0 Å². The van der Waals surface area contributed by atoms with Gasteiger partial charge in [-0.15, -0.1) is 0 Å². The van der Waals surface area contributed by atoms with Crippen LogP contribution in [0.15, 0.2) is 24.3 Å². The van der Waals surface area contributed by atoms with Crippen molar-refractivity contribution in [2.24, 2.45) is 0 Å². The molecule has 0 fully saturated rings. The molecule has 0 spiro atoms. The highest BCUT2D eigenvalue weighted by Gasteiger charge is 2.02. The van der Waals surface area contributed by atoms with Crippen LogP contribution in [0.5, 0.6) is 0 Å². The number of rotatable bonds is 4. The van der Waals surface area contributed by atoms with Gasteiger partial charge in [0, 0.05) is 17.8 Å². The van der Waals surface area contributed by atoms with Crippen LogP contribution in [0, 0.1) is 0 Å². The first-order chi connectivity index (χ1) is 7.40. The second-order valence-corrected chi connectivity index (χ2v) is 5.10. The Labute approximate surface area is 94.9 Å². The lowest BCUT2D eigenvalue weighted by Crippen LogP contribution is -2.11. The standard InChI is InChI=1S/C10H14N2O3S/c1-3-10(13)11-8-4-6-9(7-5-8)12-16(2,14)15/h4-7,12H,3H2,1-2H3,(H,11,13). The fourth-order valence-electron chi connectivity index (χ4n) is 1.09. The molecule has 2 N–H and O–H groups in total. The summed E-state index contributed by atoms with van der Waals surface area (Å²) in [5.74, 6) is -0.0798. The van der Waals surface area contributed by atoms with Gasteiger partial charge < -0.3 is 5.32 Å². The number of hydrogen-bond donors (Lipinski definition) is 2. The minimum absolute atomic E-state index is 0.0798. The van der Waals surface area contributed by atoms with E-state index in [1.807, 2.05) is 0 Å². The molecule has 6 heteroatoms. The summed E-state index contributed by atoms with van der Waals surface area (Å²) in [4.78, 5) is 11.1. The third-order valence-corrected chi connectivity index (χ3v) is 2.40. The number of sulfonamides is 1. The number of carbonyl (C=O) groups is 1. The van der Waals surface area contributed by atoms with Crippen molar-refractivity contribution in [3.8, 4) is 0 Å². The lowest BCUT2D eigenvalue weighted by atomic mass is 10.3. The third-order valence-electron chi connectivity index (χ3n) is 1.79. The summed E-state index contributed by atoms with van der Waals surface area (Å²) >= 11 is 0. The molecule has 0 saturated heterocycles. The van der Waals surface area contributed by atoms with Crippen molar-refractivity contribution in [2.45, 2.75) is 13.3 Å². The monoisotopic (exact) mass is 242 g/mol. The predicted octanol–water partition coefficient (Wildman–Crippen LogP) is 1.41. The summed E-state index contributed by atoms with van der Waals surface area (Å²) in [5.41, 5.74) is 1.11. The maximum absolute atomic E-state index is 11.1. The highest BCUT2D eigenvalue weighted by Crippen LogP contribution is 2.14. The zero-order chi connectivity index (χ0) is 12.2. The van der Waals surface area contributed by atoms with Crippen molar-refractivity contribution in [1.29, 1.82) is 0 Å². The molecular formula is C10H14N2O3S. The van der Waals surface area contributed by atoms with E-state index in [2.05, 4.69) is 10.0 Å². The molecule has 0 radical (unpaired) electrons. The highest BCUT2D eigenvalue weighted by atomic mass is 32.2. The molecule has 16 heavy (non-hydrogen) atoms. The van der Waals surface area contributed by atoms with E-state index in [4.69, 9.17) is 0 Å². The Balaban J connectivity index is 2.72. The van der Waals surface area contributed by atoms with E-state index in [1.54, 1.807) is 31.2 Å². The maximum Gasteiger partial charge on any atom is 0.229 e. The van der Waals surface area contributed by atoms with E-state index in [1.165, 1.54) is 0 Å². The van der Waals surface area contributed by atoms with Gasteiger partial charge in [0.1, 0.15) is 0 Å². The van der Waals surface area contributed by atoms with Crippen LogP contribution in [0.4, 0.5) is 11.4 Å². The van der Waals surface area contributed by atoms with Crippen LogP contribution in [0.1, 0.15) is 13.3 Å². The summed E-state index contributed by atoms with van der Waals surface area (Å²) < 4.78 is 24.2. The Kier molecular flexibility index (Phi) is 3.89. The lowest BCUT2D eigenvalue weighted by Gasteiger charge is -2.06. The van der Waals surface area contributed by atoms with Gasteiger partial charge in [-0.05, 0) is 24.3 Å². The van der Waals surface area contributed by atoms with Crippen molar-refractivity contribution in [3.63, 3.8) is 0 Å². The summed E-state index contributed by atoms with van der Waals surface area (Å²) in [7, 11) is -3.26. The molecule has 1 aromatic rings. The number of benzene rings is 1. The van der Waals surface area contributed by atoms with Crippen LogP contribution in [-0.4, -0.2) is 20.6 Å². The van der Waals surface area contributed by atoms with Gasteiger partial charge in [0.25, 0.3) is 0 Å². The van der Waals surface area contributed by atoms with Crippen molar-refractivity contribution < 1.29 is 13.2 Å². The van der Waals surface area contributed by atoms with Gasteiger partial charge in [-0.3, -0.25) is 9.52 Å². The van der Waals surface area contributed by atoms with Crippen LogP contribution in [0.3, 0.4) is 0 Å². The highest BCUT2D eigenvalue weighted by molar-refractivity contribution is 7.92. The van der Waals surface area contributed by atoms with Crippen molar-refractivity contribution in [3.05, 3.63) is 24.3 Å². The topological polar surface area (TPSA) is 75.3 Å². The molecule has 0 aliphatic rings. The largest absolute Gasteiger partial charge is 0.326 e. The molecule has 0 unspecified atom stereocenters. The van der Waals surface area contributed by atoms with E-state index in [0.29, 0.717) is 17.8 Å². The SMILES string of the molecule is CCC(=O)Nc1ccc(NS(C)(=O)=O)cc1. The van der Waals surface area contributed by atoms with Crippen LogP contribution in [0.2, 0.25) is 0 Å². The predicted molar refractivity (Wildman–Crippen MR) is 63.8 cm³/mol. The van der Waals surface area contributed by atoms with E-state index in [-0.39, 0.29) is 5.91 Å². The zero-order valence-electron chi connectivity index (χ0n) is 9.15. The number of hydrogen-bond acceptors (Lipinski definition) is 3. The van der Waals surface area contributed by atoms with Gasteiger partial charge in [0.05, 0.1) is 6.26 Å². The van der Waals surface area contributed by atoms with Gasteiger partial charge in [-0.1, -0.05) is 6.92 Å². The Bertz CT molecular complexity index is 465. The minimum Gasteiger partial charge on any atom is -0.326 e. The number of carbonyl (C=O) groups excluding carboxylic acids is 1.